The van der Waals surface area contributed by atoms with Crippen molar-refractivity contribution in [2.24, 2.45) is 23.2 Å². The highest BCUT2D eigenvalue weighted by molar-refractivity contribution is 7.13. The van der Waals surface area contributed by atoms with Crippen LogP contribution in [0.4, 0.5) is 4.79 Å². The minimum absolute atomic E-state index is 0.00854. The number of aliphatic hydroxyl groups excluding tert-OH is 1. The number of ether oxygens (including phenoxy) is 1. The number of nitrogens with zero attached hydrogens (tertiary/aromatic N) is 2. The van der Waals surface area contributed by atoms with Gasteiger partial charge in [0.25, 0.3) is 0 Å². The number of hydrogen-bond donors (Lipinski definition) is 4. The summed E-state index contributed by atoms with van der Waals surface area (Å²) in [5.74, 6) is 6.66. The van der Waals surface area contributed by atoms with Crippen LogP contribution in [0.5, 0.6) is 0 Å². The second-order valence-electron chi connectivity index (χ2n) is 14.1. The molecule has 2 fully saturated rings. The fraction of sp³-hybridized carbons (Fsp3) is 0.583. The Bertz CT molecular complexity index is 1520. The minimum Gasteiger partial charge on any atom is -0.449 e. The number of likely N-dealkylation sites (tertiary alicyclic amines) is 1. The highest BCUT2D eigenvalue weighted by atomic mass is 32.1. The van der Waals surface area contributed by atoms with E-state index in [1.807, 2.05) is 57.5 Å². The molecule has 12 heteroatoms. The molecule has 2 heterocycles. The molecule has 0 spiro atoms. The maximum Gasteiger partial charge on any atom is 0.407 e. The molecule has 2 aromatic rings. The number of aliphatic hydroxyl groups is 1. The van der Waals surface area contributed by atoms with Crippen molar-refractivity contribution in [3.8, 4) is 22.3 Å². The Kier molecular flexibility index (Phi) is 11.4. The van der Waals surface area contributed by atoms with Gasteiger partial charge in [-0.05, 0) is 54.1 Å². The maximum atomic E-state index is 13.8. The number of amides is 4. The van der Waals surface area contributed by atoms with Gasteiger partial charge in [0.05, 0.1) is 28.8 Å². The normalized spacial score (nSPS) is 23.8. The lowest BCUT2D eigenvalue weighted by Gasteiger charge is -2.35. The number of nitrogens with one attached hydrogen (secondary N) is 3. The van der Waals surface area contributed by atoms with E-state index in [1.54, 1.807) is 11.3 Å². The summed E-state index contributed by atoms with van der Waals surface area (Å²) in [5, 5.41) is 18.8. The molecule has 3 aliphatic rings. The summed E-state index contributed by atoms with van der Waals surface area (Å²) in [7, 11) is 0. The van der Waals surface area contributed by atoms with Crippen LogP contribution in [0, 0.1) is 41.9 Å². The minimum atomic E-state index is -0.948. The van der Waals surface area contributed by atoms with Gasteiger partial charge in [0.2, 0.25) is 17.7 Å². The topological polar surface area (TPSA) is 150 Å². The molecule has 1 saturated carbocycles. The number of rotatable bonds is 11. The number of carbonyl (C=O) groups excluding carboxylic acids is 4. The molecule has 1 aromatic heterocycles. The molecule has 1 saturated heterocycles. The van der Waals surface area contributed by atoms with Gasteiger partial charge in [0.15, 0.2) is 0 Å². The number of aryl methyl sites for hydroxylation is 1. The van der Waals surface area contributed by atoms with Gasteiger partial charge in [-0.15, -0.1) is 23.2 Å². The summed E-state index contributed by atoms with van der Waals surface area (Å²) >= 11 is 1.57. The predicted octanol–water partition coefficient (Wildman–Crippen LogP) is 3.78. The number of alkyl carbamates (subject to hydrolysis) is 1. The van der Waals surface area contributed by atoms with E-state index in [-0.39, 0.29) is 38.4 Å². The van der Waals surface area contributed by atoms with Crippen molar-refractivity contribution in [1.29, 1.82) is 0 Å². The Hall–Kier alpha value is -3.95. The first kappa shape index (κ1) is 35.4. The fourth-order valence-electron chi connectivity index (χ4n) is 6.80. The SMILES string of the molecule is Cc1ncsc1-c1ccc(CNC(=O)[C@@H]2C[C@@H](O)CN2C(=O)[C@@H](NC(=O)CCNC(=O)OCC2[C@H]3CCC#CCC[C@@H]23)C(C)(C)C)cc1. The Morgan fingerprint density at radius 2 is 1.77 bits per heavy atom. The number of β-amino-alcohol motifs (C(OH)–C–C–N with tert-alkyl or cyclic N) is 1. The Balaban J connectivity index is 1.09. The van der Waals surface area contributed by atoms with Crippen molar-refractivity contribution in [3.63, 3.8) is 0 Å². The lowest BCUT2D eigenvalue weighted by molar-refractivity contribution is -0.144. The lowest BCUT2D eigenvalue weighted by atomic mass is 9.85. The molecular formula is C36H47N5O6S. The number of thiazole rings is 1. The number of hydrogen-bond acceptors (Lipinski definition) is 8. The highest BCUT2D eigenvalue weighted by Crippen LogP contribution is 2.52. The summed E-state index contributed by atoms with van der Waals surface area (Å²) in [5.41, 5.74) is 4.05. The molecule has 1 aliphatic heterocycles. The first-order valence-electron chi connectivity index (χ1n) is 16.8. The van der Waals surface area contributed by atoms with Gasteiger partial charge in [-0.25, -0.2) is 9.78 Å². The molecule has 48 heavy (non-hydrogen) atoms. The first-order chi connectivity index (χ1) is 22.9. The second-order valence-corrected chi connectivity index (χ2v) is 15.0. The monoisotopic (exact) mass is 677 g/mol. The smallest absolute Gasteiger partial charge is 0.407 e. The number of carbonyl (C=O) groups is 4. The van der Waals surface area contributed by atoms with Gasteiger partial charge in [-0.1, -0.05) is 45.0 Å². The second kappa shape index (κ2) is 15.5. The molecule has 2 aliphatic carbocycles. The molecule has 1 aromatic carbocycles. The molecule has 4 amide bonds. The van der Waals surface area contributed by atoms with Crippen LogP contribution in [0.25, 0.3) is 10.4 Å². The van der Waals surface area contributed by atoms with Gasteiger partial charge in [0.1, 0.15) is 12.1 Å². The quantitative estimate of drug-likeness (QED) is 0.265. The average molecular weight is 678 g/mol. The van der Waals surface area contributed by atoms with Crippen LogP contribution in [0.1, 0.15) is 70.6 Å². The van der Waals surface area contributed by atoms with E-state index >= 15 is 0 Å². The van der Waals surface area contributed by atoms with Gasteiger partial charge < -0.3 is 30.7 Å². The van der Waals surface area contributed by atoms with E-state index < -0.39 is 41.5 Å². The van der Waals surface area contributed by atoms with Crippen LogP contribution < -0.4 is 16.0 Å². The Morgan fingerprint density at radius 3 is 2.40 bits per heavy atom. The fourth-order valence-corrected chi connectivity index (χ4v) is 7.61. The van der Waals surface area contributed by atoms with Crippen LogP contribution >= 0.6 is 11.3 Å². The predicted molar refractivity (Wildman–Crippen MR) is 182 cm³/mol. The van der Waals surface area contributed by atoms with Gasteiger partial charge in [-0.2, -0.15) is 0 Å². The highest BCUT2D eigenvalue weighted by Gasteiger charge is 2.49. The Labute approximate surface area is 286 Å². The van der Waals surface area contributed by atoms with Crippen molar-refractivity contribution in [3.05, 3.63) is 41.0 Å². The van der Waals surface area contributed by atoms with Crippen LogP contribution in [0.3, 0.4) is 0 Å². The van der Waals surface area contributed by atoms with E-state index in [4.69, 9.17) is 4.74 Å². The number of aromatic nitrogens is 1. The Morgan fingerprint density at radius 1 is 1.08 bits per heavy atom. The van der Waals surface area contributed by atoms with Crippen molar-refractivity contribution in [2.75, 3.05) is 19.7 Å². The van der Waals surface area contributed by atoms with E-state index in [2.05, 4.69) is 32.8 Å². The van der Waals surface area contributed by atoms with E-state index in [1.165, 1.54) is 4.90 Å². The first-order valence-corrected chi connectivity index (χ1v) is 17.7. The van der Waals surface area contributed by atoms with Crippen molar-refractivity contribution in [2.45, 2.75) is 91.0 Å². The van der Waals surface area contributed by atoms with Crippen molar-refractivity contribution >= 4 is 35.2 Å². The van der Waals surface area contributed by atoms with Crippen molar-refractivity contribution < 1.29 is 29.0 Å². The van der Waals surface area contributed by atoms with Crippen LogP contribution in [0.15, 0.2) is 29.8 Å². The van der Waals surface area contributed by atoms with Gasteiger partial charge in [-0.3, -0.25) is 14.4 Å². The van der Waals surface area contributed by atoms with E-state index in [0.717, 1.165) is 47.4 Å². The summed E-state index contributed by atoms with van der Waals surface area (Å²) in [6.07, 6.45) is 2.52. The van der Waals surface area contributed by atoms with Crippen LogP contribution in [-0.2, 0) is 25.7 Å². The number of fused-ring (bicyclic) bond motifs is 1. The largest absolute Gasteiger partial charge is 0.449 e. The van der Waals surface area contributed by atoms with Crippen LogP contribution in [0.2, 0.25) is 0 Å². The summed E-state index contributed by atoms with van der Waals surface area (Å²) in [4.78, 5) is 59.2. The molecular weight excluding hydrogens is 630 g/mol. The zero-order valence-corrected chi connectivity index (χ0v) is 29.0. The molecule has 6 atom stereocenters. The summed E-state index contributed by atoms with van der Waals surface area (Å²) in [6.45, 7) is 8.13. The zero-order valence-electron chi connectivity index (χ0n) is 28.2. The third-order valence-corrected chi connectivity index (χ3v) is 10.6. The third-order valence-electron chi connectivity index (χ3n) is 9.58. The van der Waals surface area contributed by atoms with Crippen molar-refractivity contribution in [1.82, 2.24) is 25.8 Å². The third kappa shape index (κ3) is 8.94. The summed E-state index contributed by atoms with van der Waals surface area (Å²) < 4.78 is 5.43. The molecule has 11 nitrogen and oxygen atoms in total. The molecule has 0 radical (unpaired) electrons. The molecule has 4 N–H and O–H groups in total. The van der Waals surface area contributed by atoms with E-state index in [9.17, 15) is 24.3 Å². The number of benzene rings is 1. The standard InChI is InChI=1S/C36H47N5O6S/c1-22-31(48-21-39-22)24-13-11-23(12-14-24)18-38-33(44)29-17-25(42)19-41(29)34(45)32(36(2,3)4)40-30(43)15-16-37-35(46)47-20-28-26-9-7-5-6-8-10-27(26)28/h11-14,21,25-29,32,42H,7-10,15-20H2,1-4H3,(H,37,46)(H,38,44)(H,40,43)/t25-,26-,27+,28?,29+,32-/m1/s1. The maximum absolute atomic E-state index is 13.8. The lowest BCUT2D eigenvalue weighted by Crippen LogP contribution is -2.57. The molecule has 1 unspecified atom stereocenters. The zero-order chi connectivity index (χ0) is 34.4. The molecule has 5 rings (SSSR count). The van der Waals surface area contributed by atoms with Crippen LogP contribution in [-0.4, -0.2) is 76.7 Å². The van der Waals surface area contributed by atoms with Gasteiger partial charge in [0, 0.05) is 45.3 Å². The molecule has 0 bridgehead atoms. The average Bonchev–Trinajstić information content (AvgIpc) is 3.29. The summed E-state index contributed by atoms with van der Waals surface area (Å²) in [6, 6.07) is 6.04. The van der Waals surface area contributed by atoms with E-state index in [0.29, 0.717) is 24.4 Å². The van der Waals surface area contributed by atoms with Gasteiger partial charge >= 0.3 is 6.09 Å². The molecule has 258 valence electrons.